The molecule has 1 aromatic rings. The highest BCUT2D eigenvalue weighted by Gasteiger charge is 2.16. The molecular formula is C17H28N2O. The Balaban J connectivity index is 1.93. The fourth-order valence-electron chi connectivity index (χ4n) is 3.01. The number of hydrogen-bond donors (Lipinski definition) is 1. The molecule has 1 aromatic carbocycles. The van der Waals surface area contributed by atoms with Gasteiger partial charge in [0.1, 0.15) is 5.75 Å². The molecule has 112 valence electrons. The molecule has 0 amide bonds. The first-order chi connectivity index (χ1) is 9.81. The summed E-state index contributed by atoms with van der Waals surface area (Å²) in [6.45, 7) is 8.08. The number of ether oxygens (including phenoxy) is 1. The summed E-state index contributed by atoms with van der Waals surface area (Å²) in [7, 11) is 1.73. The van der Waals surface area contributed by atoms with Gasteiger partial charge in [0, 0.05) is 13.1 Å². The Bertz CT molecular complexity index is 388. The standard InChI is InChI=1S/C17H28N2O/c1-3-11-19(13-15-7-9-18-10-8-15)14-16-5-4-6-17(12-16)20-2/h4-6,12,15,18H,3,7-11,13-14H2,1-2H3. The molecule has 0 atom stereocenters. The van der Waals surface area contributed by atoms with Crippen molar-refractivity contribution in [1.29, 1.82) is 0 Å². The molecule has 0 aromatic heterocycles. The molecule has 20 heavy (non-hydrogen) atoms. The van der Waals surface area contributed by atoms with Crippen molar-refractivity contribution in [2.24, 2.45) is 5.92 Å². The van der Waals surface area contributed by atoms with Crippen LogP contribution >= 0.6 is 0 Å². The van der Waals surface area contributed by atoms with E-state index in [-0.39, 0.29) is 0 Å². The summed E-state index contributed by atoms with van der Waals surface area (Å²) in [6.07, 6.45) is 3.85. The van der Waals surface area contributed by atoms with Crippen molar-refractivity contribution in [2.45, 2.75) is 32.7 Å². The van der Waals surface area contributed by atoms with Gasteiger partial charge < -0.3 is 10.1 Å². The van der Waals surface area contributed by atoms with Crippen molar-refractivity contribution in [1.82, 2.24) is 10.2 Å². The fraction of sp³-hybridized carbons (Fsp3) is 0.647. The van der Waals surface area contributed by atoms with E-state index in [1.807, 2.05) is 6.07 Å². The van der Waals surface area contributed by atoms with Gasteiger partial charge in [-0.25, -0.2) is 0 Å². The van der Waals surface area contributed by atoms with E-state index in [0.29, 0.717) is 0 Å². The van der Waals surface area contributed by atoms with Crippen molar-refractivity contribution in [2.75, 3.05) is 33.3 Å². The van der Waals surface area contributed by atoms with Gasteiger partial charge in [0.2, 0.25) is 0 Å². The molecule has 1 N–H and O–H groups in total. The van der Waals surface area contributed by atoms with Gasteiger partial charge in [0.15, 0.2) is 0 Å². The lowest BCUT2D eigenvalue weighted by Crippen LogP contribution is -2.36. The third-order valence-corrected chi connectivity index (χ3v) is 4.06. The molecule has 1 fully saturated rings. The van der Waals surface area contributed by atoms with E-state index in [1.54, 1.807) is 7.11 Å². The van der Waals surface area contributed by atoms with Crippen LogP contribution in [0.25, 0.3) is 0 Å². The van der Waals surface area contributed by atoms with E-state index in [2.05, 4.69) is 35.3 Å². The Labute approximate surface area is 123 Å². The lowest BCUT2D eigenvalue weighted by Gasteiger charge is -2.30. The Hall–Kier alpha value is -1.06. The van der Waals surface area contributed by atoms with Gasteiger partial charge in [-0.1, -0.05) is 19.1 Å². The average molecular weight is 276 g/mol. The highest BCUT2D eigenvalue weighted by molar-refractivity contribution is 5.28. The molecule has 0 saturated carbocycles. The second-order valence-electron chi connectivity index (χ2n) is 5.78. The minimum Gasteiger partial charge on any atom is -0.497 e. The van der Waals surface area contributed by atoms with Crippen molar-refractivity contribution in [3.05, 3.63) is 29.8 Å². The van der Waals surface area contributed by atoms with Crippen LogP contribution in [0.4, 0.5) is 0 Å². The third kappa shape index (κ3) is 4.80. The molecule has 3 nitrogen and oxygen atoms in total. The first kappa shape index (κ1) is 15.3. The van der Waals surface area contributed by atoms with Crippen molar-refractivity contribution >= 4 is 0 Å². The van der Waals surface area contributed by atoms with E-state index in [9.17, 15) is 0 Å². The predicted molar refractivity (Wildman–Crippen MR) is 84.2 cm³/mol. The SMILES string of the molecule is CCCN(Cc1cccc(OC)c1)CC1CCNCC1. The van der Waals surface area contributed by atoms with Crippen LogP contribution in [0.3, 0.4) is 0 Å². The highest BCUT2D eigenvalue weighted by Crippen LogP contribution is 2.18. The molecule has 0 aliphatic carbocycles. The maximum absolute atomic E-state index is 5.32. The van der Waals surface area contributed by atoms with Gasteiger partial charge in [-0.05, 0) is 62.5 Å². The highest BCUT2D eigenvalue weighted by atomic mass is 16.5. The van der Waals surface area contributed by atoms with E-state index in [1.165, 1.54) is 51.0 Å². The molecule has 0 spiro atoms. The number of piperidine rings is 1. The second-order valence-corrected chi connectivity index (χ2v) is 5.78. The van der Waals surface area contributed by atoms with Crippen molar-refractivity contribution in [3.63, 3.8) is 0 Å². The van der Waals surface area contributed by atoms with E-state index in [4.69, 9.17) is 4.74 Å². The van der Waals surface area contributed by atoms with Crippen LogP contribution in [0.1, 0.15) is 31.7 Å². The van der Waals surface area contributed by atoms with Crippen LogP contribution < -0.4 is 10.1 Å². The lowest BCUT2D eigenvalue weighted by atomic mass is 9.97. The fourth-order valence-corrected chi connectivity index (χ4v) is 3.01. The molecule has 1 aliphatic heterocycles. The Kier molecular flexibility index (Phi) is 6.34. The zero-order valence-electron chi connectivity index (χ0n) is 12.9. The maximum atomic E-state index is 5.32. The minimum atomic E-state index is 0.855. The first-order valence-electron chi connectivity index (χ1n) is 7.87. The molecule has 1 saturated heterocycles. The summed E-state index contributed by atoms with van der Waals surface area (Å²) < 4.78 is 5.32. The lowest BCUT2D eigenvalue weighted by molar-refractivity contribution is 0.198. The van der Waals surface area contributed by atoms with Crippen LogP contribution in [-0.2, 0) is 6.54 Å². The molecule has 0 bridgehead atoms. The van der Waals surface area contributed by atoms with Crippen LogP contribution in [0.15, 0.2) is 24.3 Å². The summed E-state index contributed by atoms with van der Waals surface area (Å²) in [5.41, 5.74) is 1.35. The summed E-state index contributed by atoms with van der Waals surface area (Å²) in [5.74, 6) is 1.81. The molecule has 1 aliphatic rings. The van der Waals surface area contributed by atoms with E-state index >= 15 is 0 Å². The van der Waals surface area contributed by atoms with Crippen LogP contribution in [0.5, 0.6) is 5.75 Å². The van der Waals surface area contributed by atoms with Crippen molar-refractivity contribution in [3.8, 4) is 5.75 Å². The summed E-state index contributed by atoms with van der Waals surface area (Å²) in [4.78, 5) is 2.60. The third-order valence-electron chi connectivity index (χ3n) is 4.06. The van der Waals surface area contributed by atoms with E-state index < -0.39 is 0 Å². The molecule has 2 rings (SSSR count). The molecule has 0 radical (unpaired) electrons. The van der Waals surface area contributed by atoms with Gasteiger partial charge in [0.05, 0.1) is 7.11 Å². The molecular weight excluding hydrogens is 248 g/mol. The molecule has 0 unspecified atom stereocenters. The number of methoxy groups -OCH3 is 1. The van der Waals surface area contributed by atoms with Crippen molar-refractivity contribution < 1.29 is 4.74 Å². The minimum absolute atomic E-state index is 0.855. The summed E-state index contributed by atoms with van der Waals surface area (Å²) >= 11 is 0. The number of benzene rings is 1. The van der Waals surface area contributed by atoms with Gasteiger partial charge in [0.25, 0.3) is 0 Å². The smallest absolute Gasteiger partial charge is 0.119 e. The summed E-state index contributed by atoms with van der Waals surface area (Å²) in [5, 5.41) is 3.45. The average Bonchev–Trinajstić information content (AvgIpc) is 2.49. The largest absolute Gasteiger partial charge is 0.497 e. The van der Waals surface area contributed by atoms with Gasteiger partial charge in [-0.15, -0.1) is 0 Å². The zero-order valence-corrected chi connectivity index (χ0v) is 12.9. The zero-order chi connectivity index (χ0) is 14.2. The predicted octanol–water partition coefficient (Wildman–Crippen LogP) is 2.91. The summed E-state index contributed by atoms with van der Waals surface area (Å²) in [6, 6.07) is 8.46. The Morgan fingerprint density at radius 3 is 2.80 bits per heavy atom. The van der Waals surface area contributed by atoms with Gasteiger partial charge in [-0.2, -0.15) is 0 Å². The molecule has 1 heterocycles. The van der Waals surface area contributed by atoms with Gasteiger partial charge >= 0.3 is 0 Å². The normalized spacial score (nSPS) is 16.6. The number of nitrogens with one attached hydrogen (secondary N) is 1. The maximum Gasteiger partial charge on any atom is 0.119 e. The number of hydrogen-bond acceptors (Lipinski definition) is 3. The van der Waals surface area contributed by atoms with Crippen LogP contribution in [-0.4, -0.2) is 38.2 Å². The quantitative estimate of drug-likeness (QED) is 0.829. The number of rotatable bonds is 7. The topological polar surface area (TPSA) is 24.5 Å². The Morgan fingerprint density at radius 1 is 1.30 bits per heavy atom. The van der Waals surface area contributed by atoms with Crippen LogP contribution in [0.2, 0.25) is 0 Å². The number of nitrogens with zero attached hydrogens (tertiary/aromatic N) is 1. The monoisotopic (exact) mass is 276 g/mol. The molecule has 3 heteroatoms. The van der Waals surface area contributed by atoms with Crippen LogP contribution in [0, 0.1) is 5.92 Å². The van der Waals surface area contributed by atoms with Gasteiger partial charge in [-0.3, -0.25) is 4.90 Å². The first-order valence-corrected chi connectivity index (χ1v) is 7.87. The Morgan fingerprint density at radius 2 is 2.10 bits per heavy atom. The second kappa shape index (κ2) is 8.28. The van der Waals surface area contributed by atoms with E-state index in [0.717, 1.165) is 18.2 Å².